The van der Waals surface area contributed by atoms with Crippen LogP contribution in [0.3, 0.4) is 0 Å². The maximum atomic E-state index is 12.5. The van der Waals surface area contributed by atoms with Gasteiger partial charge in [-0.15, -0.1) is 0 Å². The molecular weight excluding hydrogens is 266 g/mol. The number of rotatable bonds is 2. The molecule has 0 aliphatic heterocycles. The van der Waals surface area contributed by atoms with Crippen molar-refractivity contribution in [1.82, 2.24) is 15.5 Å². The van der Waals surface area contributed by atoms with Crippen molar-refractivity contribution in [2.75, 3.05) is 0 Å². The number of carbonyl (C=O) groups is 1. The largest absolute Gasteiger partial charge is 0.347 e. The van der Waals surface area contributed by atoms with Gasteiger partial charge in [-0.05, 0) is 16.9 Å². The van der Waals surface area contributed by atoms with Gasteiger partial charge in [0.2, 0.25) is 0 Å². The van der Waals surface area contributed by atoms with Gasteiger partial charge < -0.3 is 5.32 Å². The standard InChI is InChI=1S/C16H19N3O2/c1-15(2)14(16(15,3)4)17-13(21)11-9-7-5-6-8-10(9)12(20)19-18-11/h5-8,14H,1-4H3,(H,17,21)(H,19,20). The van der Waals surface area contributed by atoms with E-state index >= 15 is 0 Å². The molecule has 5 heteroatoms. The molecule has 0 radical (unpaired) electrons. The van der Waals surface area contributed by atoms with Gasteiger partial charge in [-0.25, -0.2) is 5.10 Å². The first-order valence-electron chi connectivity index (χ1n) is 7.05. The van der Waals surface area contributed by atoms with Crippen LogP contribution in [0.15, 0.2) is 29.1 Å². The van der Waals surface area contributed by atoms with E-state index in [9.17, 15) is 9.59 Å². The third kappa shape index (κ3) is 1.87. The fraction of sp³-hybridized carbons (Fsp3) is 0.438. The number of aromatic amines is 1. The van der Waals surface area contributed by atoms with Crippen LogP contribution in [0.25, 0.3) is 10.8 Å². The van der Waals surface area contributed by atoms with Crippen molar-refractivity contribution in [3.05, 3.63) is 40.3 Å². The second kappa shape index (κ2) is 4.16. The van der Waals surface area contributed by atoms with E-state index in [0.29, 0.717) is 10.8 Å². The normalized spacial score (nSPS) is 19.4. The minimum absolute atomic E-state index is 0.0562. The predicted molar refractivity (Wildman–Crippen MR) is 81.2 cm³/mol. The number of nitrogens with zero attached hydrogens (tertiary/aromatic N) is 1. The highest BCUT2D eigenvalue weighted by molar-refractivity contribution is 6.05. The van der Waals surface area contributed by atoms with Gasteiger partial charge in [-0.3, -0.25) is 9.59 Å². The van der Waals surface area contributed by atoms with Gasteiger partial charge in [0, 0.05) is 11.4 Å². The van der Waals surface area contributed by atoms with E-state index in [1.807, 2.05) is 0 Å². The SMILES string of the molecule is CC1(C)C(NC(=O)c2n[nH]c(=O)c3ccccc23)C1(C)C. The zero-order valence-corrected chi connectivity index (χ0v) is 12.7. The average Bonchev–Trinajstić information content (AvgIpc) is 2.82. The first-order valence-corrected chi connectivity index (χ1v) is 7.05. The number of benzene rings is 1. The summed E-state index contributed by atoms with van der Waals surface area (Å²) in [6.07, 6.45) is 0. The third-order valence-electron chi connectivity index (χ3n) is 5.21. The second-order valence-corrected chi connectivity index (χ2v) is 6.80. The fourth-order valence-corrected chi connectivity index (χ4v) is 3.04. The topological polar surface area (TPSA) is 74.8 Å². The summed E-state index contributed by atoms with van der Waals surface area (Å²) in [7, 11) is 0. The van der Waals surface area contributed by atoms with Crippen molar-refractivity contribution in [3.8, 4) is 0 Å². The van der Waals surface area contributed by atoms with E-state index in [1.54, 1.807) is 24.3 Å². The molecule has 0 bridgehead atoms. The average molecular weight is 285 g/mol. The molecule has 1 fully saturated rings. The summed E-state index contributed by atoms with van der Waals surface area (Å²) in [5.41, 5.74) is 0.0966. The van der Waals surface area contributed by atoms with E-state index in [-0.39, 0.29) is 34.0 Å². The van der Waals surface area contributed by atoms with Crippen molar-refractivity contribution in [2.45, 2.75) is 33.7 Å². The summed E-state index contributed by atoms with van der Waals surface area (Å²) < 4.78 is 0. The molecule has 21 heavy (non-hydrogen) atoms. The Morgan fingerprint density at radius 2 is 1.71 bits per heavy atom. The van der Waals surface area contributed by atoms with Crippen molar-refractivity contribution < 1.29 is 4.79 Å². The first kappa shape index (κ1) is 13.8. The van der Waals surface area contributed by atoms with Gasteiger partial charge >= 0.3 is 0 Å². The number of H-pyrrole nitrogens is 1. The van der Waals surface area contributed by atoms with E-state index in [4.69, 9.17) is 0 Å². The number of hydrogen-bond acceptors (Lipinski definition) is 3. The Kier molecular flexibility index (Phi) is 2.74. The smallest absolute Gasteiger partial charge is 0.272 e. The zero-order chi connectivity index (χ0) is 15.4. The van der Waals surface area contributed by atoms with Gasteiger partial charge in [0.25, 0.3) is 11.5 Å². The van der Waals surface area contributed by atoms with E-state index in [2.05, 4.69) is 43.2 Å². The van der Waals surface area contributed by atoms with Crippen LogP contribution in [-0.2, 0) is 0 Å². The van der Waals surface area contributed by atoms with E-state index in [1.165, 1.54) is 0 Å². The molecule has 1 aliphatic carbocycles. The lowest BCUT2D eigenvalue weighted by Crippen LogP contribution is -2.31. The molecule has 1 aromatic carbocycles. The molecule has 2 N–H and O–H groups in total. The number of fused-ring (bicyclic) bond motifs is 1. The minimum atomic E-state index is -0.283. The van der Waals surface area contributed by atoms with Crippen molar-refractivity contribution in [3.63, 3.8) is 0 Å². The van der Waals surface area contributed by atoms with Crippen LogP contribution in [0.1, 0.15) is 38.2 Å². The molecule has 1 amide bonds. The molecule has 0 unspecified atom stereocenters. The quantitative estimate of drug-likeness (QED) is 0.887. The number of amides is 1. The summed E-state index contributed by atoms with van der Waals surface area (Å²) >= 11 is 0. The van der Waals surface area contributed by atoms with Gasteiger partial charge in [-0.2, -0.15) is 5.10 Å². The van der Waals surface area contributed by atoms with Crippen molar-refractivity contribution in [1.29, 1.82) is 0 Å². The summed E-state index contributed by atoms with van der Waals surface area (Å²) in [4.78, 5) is 24.2. The molecule has 5 nitrogen and oxygen atoms in total. The van der Waals surface area contributed by atoms with Crippen LogP contribution >= 0.6 is 0 Å². The monoisotopic (exact) mass is 285 g/mol. The summed E-state index contributed by atoms with van der Waals surface area (Å²) in [5.74, 6) is -0.244. The fourth-order valence-electron chi connectivity index (χ4n) is 3.04. The molecule has 3 rings (SSSR count). The summed E-state index contributed by atoms with van der Waals surface area (Å²) in [6, 6.07) is 7.11. The molecule has 110 valence electrons. The third-order valence-corrected chi connectivity index (χ3v) is 5.21. The summed E-state index contributed by atoms with van der Waals surface area (Å²) in [5, 5.41) is 10.4. The van der Waals surface area contributed by atoms with Crippen LogP contribution in [0.5, 0.6) is 0 Å². The highest BCUT2D eigenvalue weighted by Crippen LogP contribution is 2.62. The first-order chi connectivity index (χ1) is 9.76. The summed E-state index contributed by atoms with van der Waals surface area (Å²) in [6.45, 7) is 8.54. The lowest BCUT2D eigenvalue weighted by molar-refractivity contribution is 0.0939. The van der Waals surface area contributed by atoms with Gasteiger partial charge in [0.05, 0.1) is 5.39 Å². The van der Waals surface area contributed by atoms with E-state index in [0.717, 1.165) is 0 Å². The van der Waals surface area contributed by atoms with Crippen molar-refractivity contribution >= 4 is 16.7 Å². The lowest BCUT2D eigenvalue weighted by atomic mass is 10.0. The zero-order valence-electron chi connectivity index (χ0n) is 12.7. The highest BCUT2D eigenvalue weighted by Gasteiger charge is 2.65. The van der Waals surface area contributed by atoms with Crippen molar-refractivity contribution in [2.24, 2.45) is 10.8 Å². The Morgan fingerprint density at radius 3 is 2.29 bits per heavy atom. The molecule has 2 aromatic rings. The Labute approximate surface area is 122 Å². The predicted octanol–water partition coefficient (Wildman–Crippen LogP) is 2.09. The Morgan fingerprint density at radius 1 is 1.14 bits per heavy atom. The van der Waals surface area contributed by atoms with Gasteiger partial charge in [-0.1, -0.05) is 45.9 Å². The Hall–Kier alpha value is -2.17. The van der Waals surface area contributed by atoms with Crippen LogP contribution in [0.4, 0.5) is 0 Å². The number of nitrogens with one attached hydrogen (secondary N) is 2. The molecule has 0 saturated heterocycles. The maximum absolute atomic E-state index is 12.5. The molecule has 1 aromatic heterocycles. The second-order valence-electron chi connectivity index (χ2n) is 6.80. The van der Waals surface area contributed by atoms with Gasteiger partial charge in [0.1, 0.15) is 0 Å². The van der Waals surface area contributed by atoms with Crippen LogP contribution < -0.4 is 10.9 Å². The molecular formula is C16H19N3O2. The number of aromatic nitrogens is 2. The Balaban J connectivity index is 1.97. The number of hydrogen-bond donors (Lipinski definition) is 2. The molecule has 1 aliphatic rings. The molecule has 0 spiro atoms. The number of carbonyl (C=O) groups excluding carboxylic acids is 1. The van der Waals surface area contributed by atoms with Crippen LogP contribution in [0, 0.1) is 10.8 Å². The minimum Gasteiger partial charge on any atom is -0.347 e. The maximum Gasteiger partial charge on any atom is 0.272 e. The van der Waals surface area contributed by atoms with Crippen LogP contribution in [-0.4, -0.2) is 22.1 Å². The van der Waals surface area contributed by atoms with E-state index < -0.39 is 0 Å². The van der Waals surface area contributed by atoms with Gasteiger partial charge in [0.15, 0.2) is 5.69 Å². The molecule has 1 heterocycles. The van der Waals surface area contributed by atoms with Crippen LogP contribution in [0.2, 0.25) is 0 Å². The lowest BCUT2D eigenvalue weighted by Gasteiger charge is -2.08. The molecule has 1 saturated carbocycles. The Bertz CT molecular complexity index is 775. The molecule has 0 atom stereocenters. The highest BCUT2D eigenvalue weighted by atomic mass is 16.2.